The first-order valence-electron chi connectivity index (χ1n) is 5.23. The lowest BCUT2D eigenvalue weighted by atomic mass is 10.3. The summed E-state index contributed by atoms with van der Waals surface area (Å²) in [5, 5.41) is 8.78. The fourth-order valence-corrected chi connectivity index (χ4v) is 3.35. The van der Waals surface area contributed by atoms with Gasteiger partial charge in [-0.2, -0.15) is 4.31 Å². The summed E-state index contributed by atoms with van der Waals surface area (Å²) in [5.74, 6) is 0. The second kappa shape index (κ2) is 6.60. The van der Waals surface area contributed by atoms with Crippen LogP contribution in [0.3, 0.4) is 0 Å². The van der Waals surface area contributed by atoms with E-state index in [1.807, 2.05) is 0 Å². The molecule has 0 spiro atoms. The smallest absolute Gasteiger partial charge is 0.252 e. The van der Waals surface area contributed by atoms with Crippen LogP contribution in [0.2, 0.25) is 0 Å². The maximum atomic E-state index is 12.4. The Morgan fingerprint density at radius 1 is 1.42 bits per heavy atom. The topological polar surface area (TPSA) is 83.6 Å². The number of hydrogen-bond acceptors (Lipinski definition) is 4. The number of nitrogens with two attached hydrogens (primary N) is 1. The minimum atomic E-state index is -4.16. The number of nitrogens with zero attached hydrogens (tertiary/aromatic N) is 1. The molecule has 1 aromatic rings. The number of anilines is 1. The molecule has 0 saturated carbocycles. The van der Waals surface area contributed by atoms with Gasteiger partial charge in [0.1, 0.15) is 4.90 Å². The number of aliphatic hydroxyl groups is 1. The highest BCUT2D eigenvalue weighted by Gasteiger charge is 2.28. The van der Waals surface area contributed by atoms with E-state index < -0.39 is 36.1 Å². The standard InChI is InChI=1S/C10H13BrF2N2O3S/c11-7-1-2-9(8(14)5-7)19(17,18)15(3-4-16)6-10(12)13/h1-2,5,10,16H,3-4,6,14H2. The van der Waals surface area contributed by atoms with Gasteiger partial charge in [0.05, 0.1) is 18.8 Å². The van der Waals surface area contributed by atoms with Gasteiger partial charge in [0.25, 0.3) is 6.43 Å². The Hall–Kier alpha value is -0.770. The fourth-order valence-electron chi connectivity index (χ4n) is 1.47. The van der Waals surface area contributed by atoms with Crippen molar-refractivity contribution < 1.29 is 22.3 Å². The monoisotopic (exact) mass is 358 g/mol. The van der Waals surface area contributed by atoms with E-state index >= 15 is 0 Å². The highest BCUT2D eigenvalue weighted by Crippen LogP contribution is 2.26. The number of halogens is 3. The quantitative estimate of drug-likeness (QED) is 0.750. The second-order valence-corrected chi connectivity index (χ2v) is 6.48. The van der Waals surface area contributed by atoms with E-state index in [1.165, 1.54) is 18.2 Å². The summed E-state index contributed by atoms with van der Waals surface area (Å²) in [6.45, 7) is -1.96. The average Bonchev–Trinajstić information content (AvgIpc) is 2.27. The van der Waals surface area contributed by atoms with Crippen molar-refractivity contribution in [2.75, 3.05) is 25.4 Å². The second-order valence-electron chi connectivity index (χ2n) is 3.66. The minimum absolute atomic E-state index is 0.0495. The Kier molecular flexibility index (Phi) is 5.65. The first-order chi connectivity index (χ1) is 8.78. The van der Waals surface area contributed by atoms with Crippen molar-refractivity contribution in [2.45, 2.75) is 11.3 Å². The fraction of sp³-hybridized carbons (Fsp3) is 0.400. The maximum Gasteiger partial charge on any atom is 0.252 e. The Balaban J connectivity index is 3.18. The Morgan fingerprint density at radius 2 is 2.05 bits per heavy atom. The zero-order valence-electron chi connectivity index (χ0n) is 9.76. The molecule has 0 fully saturated rings. The molecule has 5 nitrogen and oxygen atoms in total. The van der Waals surface area contributed by atoms with Gasteiger partial charge in [0.15, 0.2) is 0 Å². The van der Waals surface area contributed by atoms with Crippen LogP contribution >= 0.6 is 15.9 Å². The van der Waals surface area contributed by atoms with Crippen molar-refractivity contribution >= 4 is 31.6 Å². The number of sulfonamides is 1. The molecule has 0 aliphatic heterocycles. The highest BCUT2D eigenvalue weighted by molar-refractivity contribution is 9.10. The number of hydrogen-bond donors (Lipinski definition) is 2. The molecule has 0 bridgehead atoms. The molecule has 0 aliphatic rings. The third-order valence-corrected chi connectivity index (χ3v) is 4.71. The SMILES string of the molecule is Nc1cc(Br)ccc1S(=O)(=O)N(CCO)CC(F)F. The summed E-state index contributed by atoms with van der Waals surface area (Å²) in [6, 6.07) is 4.04. The molecule has 1 rings (SSSR count). The third kappa shape index (κ3) is 4.10. The summed E-state index contributed by atoms with van der Waals surface area (Å²) in [5.41, 5.74) is 5.54. The van der Waals surface area contributed by atoms with Gasteiger partial charge in [-0.05, 0) is 18.2 Å². The molecule has 0 radical (unpaired) electrons. The van der Waals surface area contributed by atoms with E-state index in [0.29, 0.717) is 8.78 Å². The minimum Gasteiger partial charge on any atom is -0.398 e. The molecule has 3 N–H and O–H groups in total. The van der Waals surface area contributed by atoms with Crippen molar-refractivity contribution in [3.8, 4) is 0 Å². The molecule has 9 heteroatoms. The molecule has 0 aromatic heterocycles. The Morgan fingerprint density at radius 3 is 2.53 bits per heavy atom. The van der Waals surface area contributed by atoms with E-state index in [2.05, 4.69) is 15.9 Å². The van der Waals surface area contributed by atoms with Crippen LogP contribution in [0.4, 0.5) is 14.5 Å². The van der Waals surface area contributed by atoms with Gasteiger partial charge < -0.3 is 10.8 Å². The maximum absolute atomic E-state index is 12.4. The van der Waals surface area contributed by atoms with Gasteiger partial charge >= 0.3 is 0 Å². The molecule has 0 unspecified atom stereocenters. The van der Waals surface area contributed by atoms with Crippen molar-refractivity contribution in [3.05, 3.63) is 22.7 Å². The molecule has 1 aromatic carbocycles. The van der Waals surface area contributed by atoms with Crippen molar-refractivity contribution in [3.63, 3.8) is 0 Å². The van der Waals surface area contributed by atoms with Crippen LogP contribution in [0.5, 0.6) is 0 Å². The van der Waals surface area contributed by atoms with E-state index in [-0.39, 0.29) is 10.6 Å². The lowest BCUT2D eigenvalue weighted by molar-refractivity contribution is 0.113. The number of rotatable bonds is 6. The summed E-state index contributed by atoms with van der Waals surface area (Å²) in [4.78, 5) is -0.259. The third-order valence-electron chi connectivity index (χ3n) is 2.28. The largest absolute Gasteiger partial charge is 0.398 e. The van der Waals surface area contributed by atoms with Crippen LogP contribution in [-0.2, 0) is 10.0 Å². The lowest BCUT2D eigenvalue weighted by Crippen LogP contribution is -2.37. The van der Waals surface area contributed by atoms with Gasteiger partial charge in [-0.15, -0.1) is 0 Å². The van der Waals surface area contributed by atoms with Gasteiger partial charge in [-0.25, -0.2) is 17.2 Å². The van der Waals surface area contributed by atoms with Crippen LogP contribution in [0.25, 0.3) is 0 Å². The molecular weight excluding hydrogens is 346 g/mol. The Labute approximate surface area is 118 Å². The molecule has 0 saturated heterocycles. The van der Waals surface area contributed by atoms with Crippen molar-refractivity contribution in [1.82, 2.24) is 4.31 Å². The Bertz CT molecular complexity index is 540. The van der Waals surface area contributed by atoms with Crippen LogP contribution in [0.1, 0.15) is 0 Å². The first kappa shape index (κ1) is 16.3. The molecular formula is C10H13BrF2N2O3S. The van der Waals surface area contributed by atoms with E-state index in [0.717, 1.165) is 0 Å². The van der Waals surface area contributed by atoms with Crippen LogP contribution in [0, 0.1) is 0 Å². The van der Waals surface area contributed by atoms with Crippen LogP contribution in [-0.4, -0.2) is 44.0 Å². The van der Waals surface area contributed by atoms with Crippen LogP contribution < -0.4 is 5.73 Å². The predicted molar refractivity (Wildman–Crippen MR) is 70.4 cm³/mol. The average molecular weight is 359 g/mol. The zero-order chi connectivity index (χ0) is 14.6. The molecule has 0 amide bonds. The normalized spacial score (nSPS) is 12.3. The molecule has 0 atom stereocenters. The zero-order valence-corrected chi connectivity index (χ0v) is 12.2. The lowest BCUT2D eigenvalue weighted by Gasteiger charge is -2.21. The number of benzene rings is 1. The number of nitrogen functional groups attached to an aromatic ring is 1. The predicted octanol–water partition coefficient (Wildman–Crippen LogP) is 1.28. The van der Waals surface area contributed by atoms with Gasteiger partial charge in [0.2, 0.25) is 10.0 Å². The van der Waals surface area contributed by atoms with E-state index in [9.17, 15) is 17.2 Å². The number of alkyl halides is 2. The summed E-state index contributed by atoms with van der Waals surface area (Å²) in [6.07, 6.45) is -2.84. The summed E-state index contributed by atoms with van der Waals surface area (Å²) in [7, 11) is -4.16. The van der Waals surface area contributed by atoms with Crippen molar-refractivity contribution in [1.29, 1.82) is 0 Å². The highest BCUT2D eigenvalue weighted by atomic mass is 79.9. The first-order valence-corrected chi connectivity index (χ1v) is 7.46. The van der Waals surface area contributed by atoms with Gasteiger partial charge in [-0.1, -0.05) is 15.9 Å². The molecule has 108 valence electrons. The summed E-state index contributed by atoms with van der Waals surface area (Å²) >= 11 is 3.12. The number of aliphatic hydroxyl groups excluding tert-OH is 1. The van der Waals surface area contributed by atoms with E-state index in [1.54, 1.807) is 0 Å². The molecule has 0 aliphatic carbocycles. The van der Waals surface area contributed by atoms with Crippen LogP contribution in [0.15, 0.2) is 27.6 Å². The molecule has 0 heterocycles. The van der Waals surface area contributed by atoms with Crippen molar-refractivity contribution in [2.24, 2.45) is 0 Å². The summed E-state index contributed by atoms with van der Waals surface area (Å²) < 4.78 is 50.2. The molecule has 19 heavy (non-hydrogen) atoms. The van der Waals surface area contributed by atoms with Gasteiger partial charge in [-0.3, -0.25) is 0 Å². The van der Waals surface area contributed by atoms with Gasteiger partial charge in [0, 0.05) is 11.0 Å². The van der Waals surface area contributed by atoms with E-state index in [4.69, 9.17) is 10.8 Å².